The molecule has 8 nitrogen and oxygen atoms in total. The highest BCUT2D eigenvalue weighted by molar-refractivity contribution is 6.06. The highest BCUT2D eigenvalue weighted by atomic mass is 16.5. The topological polar surface area (TPSA) is 93.5 Å². The molecule has 1 aromatic carbocycles. The first-order valence-corrected chi connectivity index (χ1v) is 10.3. The van der Waals surface area contributed by atoms with Crippen LogP contribution < -0.4 is 10.2 Å². The maximum absolute atomic E-state index is 12.9. The van der Waals surface area contributed by atoms with Crippen molar-refractivity contribution < 1.29 is 19.1 Å². The summed E-state index contributed by atoms with van der Waals surface area (Å²) in [4.78, 5) is 39.6. The number of amides is 2. The molecule has 160 valence electrons. The van der Waals surface area contributed by atoms with E-state index in [9.17, 15) is 14.4 Å². The second kappa shape index (κ2) is 9.11. The Balaban J connectivity index is 1.81. The summed E-state index contributed by atoms with van der Waals surface area (Å²) in [7, 11) is 1.63. The normalized spacial score (nSPS) is 16.1. The number of ether oxygens (including phenoxy) is 1. The molecular formula is C22H28N4O4. The second-order valence-corrected chi connectivity index (χ2v) is 7.28. The van der Waals surface area contributed by atoms with Gasteiger partial charge < -0.3 is 15.0 Å². The minimum absolute atomic E-state index is 0.0682. The van der Waals surface area contributed by atoms with Gasteiger partial charge in [0, 0.05) is 25.7 Å². The highest BCUT2D eigenvalue weighted by Crippen LogP contribution is 2.33. The van der Waals surface area contributed by atoms with E-state index >= 15 is 0 Å². The summed E-state index contributed by atoms with van der Waals surface area (Å²) in [5.74, 6) is -1.17. The van der Waals surface area contributed by atoms with Crippen molar-refractivity contribution >= 4 is 29.3 Å². The van der Waals surface area contributed by atoms with Gasteiger partial charge in [0.1, 0.15) is 11.4 Å². The quantitative estimate of drug-likeness (QED) is 0.706. The zero-order chi connectivity index (χ0) is 21.8. The van der Waals surface area contributed by atoms with Crippen molar-refractivity contribution in [3.63, 3.8) is 0 Å². The van der Waals surface area contributed by atoms with Gasteiger partial charge in [-0.05, 0) is 30.9 Å². The summed E-state index contributed by atoms with van der Waals surface area (Å²) in [6, 6.07) is 6.05. The van der Waals surface area contributed by atoms with Gasteiger partial charge in [-0.15, -0.1) is 0 Å². The van der Waals surface area contributed by atoms with Gasteiger partial charge in [-0.1, -0.05) is 32.0 Å². The third-order valence-electron chi connectivity index (χ3n) is 5.41. The first-order chi connectivity index (χ1) is 14.4. The summed E-state index contributed by atoms with van der Waals surface area (Å²) in [5, 5.41) is 6.82. The SMILES string of the molecule is CCOC(=O)c1cnn(C)c1NC(=O)C1CC(=O)N(c2c(CC)cccc2CC)C1. The molecule has 2 amide bonds. The number of hydrogen-bond donors (Lipinski definition) is 1. The molecule has 3 rings (SSSR count). The van der Waals surface area contributed by atoms with Gasteiger partial charge in [-0.25, -0.2) is 4.79 Å². The number of rotatable bonds is 7. The summed E-state index contributed by atoms with van der Waals surface area (Å²) in [6.07, 6.45) is 3.10. The molecule has 30 heavy (non-hydrogen) atoms. The minimum Gasteiger partial charge on any atom is -0.462 e. The fourth-order valence-electron chi connectivity index (χ4n) is 3.82. The monoisotopic (exact) mass is 412 g/mol. The molecular weight excluding hydrogens is 384 g/mol. The van der Waals surface area contributed by atoms with Crippen LogP contribution in [0.15, 0.2) is 24.4 Å². The van der Waals surface area contributed by atoms with Crippen LogP contribution in [0.1, 0.15) is 48.7 Å². The molecule has 8 heteroatoms. The molecule has 2 aromatic rings. The zero-order valence-corrected chi connectivity index (χ0v) is 17.9. The zero-order valence-electron chi connectivity index (χ0n) is 17.9. The van der Waals surface area contributed by atoms with E-state index in [1.807, 2.05) is 18.2 Å². The van der Waals surface area contributed by atoms with E-state index < -0.39 is 11.9 Å². The van der Waals surface area contributed by atoms with Crippen molar-refractivity contribution in [2.45, 2.75) is 40.0 Å². The van der Waals surface area contributed by atoms with Crippen molar-refractivity contribution in [2.75, 3.05) is 23.4 Å². The van der Waals surface area contributed by atoms with E-state index in [0.29, 0.717) is 6.54 Å². The number of anilines is 2. The average Bonchev–Trinajstić information content (AvgIpc) is 3.30. The highest BCUT2D eigenvalue weighted by Gasteiger charge is 2.37. The Labute approximate surface area is 176 Å². The van der Waals surface area contributed by atoms with Crippen molar-refractivity contribution in [1.82, 2.24) is 9.78 Å². The number of nitrogens with one attached hydrogen (secondary N) is 1. The van der Waals surface area contributed by atoms with E-state index in [1.165, 1.54) is 10.9 Å². The molecule has 1 atom stereocenters. The first-order valence-electron chi connectivity index (χ1n) is 10.3. The molecule has 1 aliphatic heterocycles. The van der Waals surface area contributed by atoms with E-state index in [4.69, 9.17) is 4.74 Å². The second-order valence-electron chi connectivity index (χ2n) is 7.28. The number of para-hydroxylation sites is 1. The molecule has 1 aromatic heterocycles. The Bertz CT molecular complexity index is 944. The van der Waals surface area contributed by atoms with Crippen molar-refractivity contribution in [1.29, 1.82) is 0 Å². The number of nitrogens with zero attached hydrogens (tertiary/aromatic N) is 3. The van der Waals surface area contributed by atoms with Crippen LogP contribution in [-0.2, 0) is 34.2 Å². The number of aryl methyl sites for hydroxylation is 3. The van der Waals surface area contributed by atoms with Crippen LogP contribution in [-0.4, -0.2) is 40.7 Å². The lowest BCUT2D eigenvalue weighted by Crippen LogP contribution is -2.30. The molecule has 2 heterocycles. The lowest BCUT2D eigenvalue weighted by atomic mass is 10.0. The maximum Gasteiger partial charge on any atom is 0.343 e. The number of benzene rings is 1. The first kappa shape index (κ1) is 21.5. The van der Waals surface area contributed by atoms with Crippen LogP contribution in [0.25, 0.3) is 0 Å². The van der Waals surface area contributed by atoms with Crippen LogP contribution >= 0.6 is 0 Å². The smallest absolute Gasteiger partial charge is 0.343 e. The van der Waals surface area contributed by atoms with Gasteiger partial charge in [-0.3, -0.25) is 14.3 Å². The summed E-state index contributed by atoms with van der Waals surface area (Å²) < 4.78 is 6.44. The van der Waals surface area contributed by atoms with Gasteiger partial charge in [-0.2, -0.15) is 5.10 Å². The van der Waals surface area contributed by atoms with Gasteiger partial charge in [0.2, 0.25) is 11.8 Å². The number of carbonyl (C=O) groups is 3. The molecule has 0 aliphatic carbocycles. The molecule has 1 aliphatic rings. The fourth-order valence-corrected chi connectivity index (χ4v) is 3.82. The van der Waals surface area contributed by atoms with Crippen molar-refractivity contribution in [3.8, 4) is 0 Å². The molecule has 1 fully saturated rings. The van der Waals surface area contributed by atoms with E-state index in [1.54, 1.807) is 18.9 Å². The molecule has 0 radical (unpaired) electrons. The van der Waals surface area contributed by atoms with Gasteiger partial charge in [0.15, 0.2) is 0 Å². The van der Waals surface area contributed by atoms with Crippen LogP contribution in [0, 0.1) is 5.92 Å². The molecule has 1 N–H and O–H groups in total. The maximum atomic E-state index is 12.9. The third kappa shape index (κ3) is 4.08. The number of hydrogen-bond acceptors (Lipinski definition) is 5. The standard InChI is InChI=1S/C22H28N4O4/c1-5-14-9-8-10-15(6-2)19(14)26-13-16(11-18(26)27)21(28)24-20-17(12-23-25(20)4)22(29)30-7-3/h8-10,12,16H,5-7,11,13H2,1-4H3,(H,24,28). The predicted molar refractivity (Wildman–Crippen MR) is 113 cm³/mol. The van der Waals surface area contributed by atoms with Crippen molar-refractivity contribution in [2.24, 2.45) is 13.0 Å². The van der Waals surface area contributed by atoms with Crippen LogP contribution in [0.4, 0.5) is 11.5 Å². The largest absolute Gasteiger partial charge is 0.462 e. The average molecular weight is 412 g/mol. The fraction of sp³-hybridized carbons (Fsp3) is 0.455. The molecule has 1 saturated heterocycles. The third-order valence-corrected chi connectivity index (χ3v) is 5.41. The Hall–Kier alpha value is -3.16. The lowest BCUT2D eigenvalue weighted by molar-refractivity contribution is -0.122. The van der Waals surface area contributed by atoms with Gasteiger partial charge in [0.25, 0.3) is 0 Å². The molecule has 0 bridgehead atoms. The minimum atomic E-state index is -0.547. The van der Waals surface area contributed by atoms with E-state index in [2.05, 4.69) is 24.3 Å². The van der Waals surface area contributed by atoms with Crippen LogP contribution in [0.2, 0.25) is 0 Å². The Morgan fingerprint density at radius 3 is 2.47 bits per heavy atom. The number of carbonyl (C=O) groups excluding carboxylic acids is 3. The Morgan fingerprint density at radius 2 is 1.87 bits per heavy atom. The Morgan fingerprint density at radius 1 is 1.20 bits per heavy atom. The summed E-state index contributed by atoms with van der Waals surface area (Å²) in [6.45, 7) is 6.36. The van der Waals surface area contributed by atoms with Gasteiger partial charge in [0.05, 0.1) is 18.7 Å². The van der Waals surface area contributed by atoms with Crippen LogP contribution in [0.3, 0.4) is 0 Å². The molecule has 0 spiro atoms. The summed E-state index contributed by atoms with van der Waals surface area (Å²) >= 11 is 0. The number of aromatic nitrogens is 2. The molecule has 1 unspecified atom stereocenters. The van der Waals surface area contributed by atoms with Crippen molar-refractivity contribution in [3.05, 3.63) is 41.1 Å². The predicted octanol–water partition coefficient (Wildman–Crippen LogP) is 2.71. The van der Waals surface area contributed by atoms with E-state index in [0.717, 1.165) is 29.7 Å². The summed E-state index contributed by atoms with van der Waals surface area (Å²) in [5.41, 5.74) is 3.31. The van der Waals surface area contributed by atoms with E-state index in [-0.39, 0.29) is 36.2 Å². The van der Waals surface area contributed by atoms with Gasteiger partial charge >= 0.3 is 5.97 Å². The number of esters is 1. The molecule has 0 saturated carbocycles. The Kier molecular flexibility index (Phi) is 6.54. The lowest BCUT2D eigenvalue weighted by Gasteiger charge is -2.23. The van der Waals surface area contributed by atoms with Crippen LogP contribution in [0.5, 0.6) is 0 Å².